The first-order chi connectivity index (χ1) is 11.3. The highest BCUT2D eigenvalue weighted by Gasteiger charge is 2.27. The summed E-state index contributed by atoms with van der Waals surface area (Å²) in [6.07, 6.45) is 3.77. The molecule has 0 bridgehead atoms. The van der Waals surface area contributed by atoms with E-state index in [4.69, 9.17) is 4.74 Å². The van der Waals surface area contributed by atoms with Gasteiger partial charge in [-0.25, -0.2) is 9.97 Å². The van der Waals surface area contributed by atoms with Crippen LogP contribution in [0.15, 0.2) is 42.6 Å². The Labute approximate surface area is 133 Å². The van der Waals surface area contributed by atoms with E-state index < -0.39 is 0 Å². The first-order valence-electron chi connectivity index (χ1n) is 7.55. The van der Waals surface area contributed by atoms with Crippen LogP contribution in [0.2, 0.25) is 0 Å². The van der Waals surface area contributed by atoms with Crippen molar-refractivity contribution in [3.63, 3.8) is 0 Å². The van der Waals surface area contributed by atoms with Crippen LogP contribution in [0.25, 0.3) is 16.9 Å². The van der Waals surface area contributed by atoms with Gasteiger partial charge in [0.25, 0.3) is 5.91 Å². The van der Waals surface area contributed by atoms with Crippen LogP contribution < -0.4 is 10.1 Å². The first-order valence-corrected chi connectivity index (χ1v) is 7.55. The van der Waals surface area contributed by atoms with Gasteiger partial charge in [0.15, 0.2) is 5.65 Å². The molecule has 2 heterocycles. The van der Waals surface area contributed by atoms with Gasteiger partial charge in [-0.2, -0.15) is 0 Å². The highest BCUT2D eigenvalue weighted by atomic mass is 16.5. The van der Waals surface area contributed by atoms with Crippen molar-refractivity contribution in [1.82, 2.24) is 19.9 Å². The number of methoxy groups -OCH3 is 1. The minimum Gasteiger partial charge on any atom is -0.497 e. The number of aromatic nitrogens is 3. The van der Waals surface area contributed by atoms with Gasteiger partial charge in [0.1, 0.15) is 11.3 Å². The molecular weight excluding hydrogens is 292 g/mol. The number of carbonyl (C=O) groups excluding carboxylic acids is 1. The Hall–Kier alpha value is -2.89. The van der Waals surface area contributed by atoms with Crippen molar-refractivity contribution in [2.75, 3.05) is 7.11 Å². The van der Waals surface area contributed by atoms with Crippen LogP contribution in [0.3, 0.4) is 0 Å². The third-order valence-electron chi connectivity index (χ3n) is 3.86. The van der Waals surface area contributed by atoms with Crippen LogP contribution >= 0.6 is 0 Å². The average Bonchev–Trinajstić information content (AvgIpc) is 3.31. The second-order valence-electron chi connectivity index (χ2n) is 5.56. The number of benzene rings is 1. The first kappa shape index (κ1) is 13.8. The molecule has 1 amide bonds. The van der Waals surface area contributed by atoms with E-state index in [1.54, 1.807) is 17.9 Å². The van der Waals surface area contributed by atoms with Crippen molar-refractivity contribution in [3.05, 3.63) is 48.4 Å². The topological polar surface area (TPSA) is 69.0 Å². The molecule has 6 nitrogen and oxygen atoms in total. The van der Waals surface area contributed by atoms with E-state index in [2.05, 4.69) is 15.3 Å². The maximum absolute atomic E-state index is 12.5. The summed E-state index contributed by atoms with van der Waals surface area (Å²) in [4.78, 5) is 21.4. The molecule has 1 aromatic carbocycles. The monoisotopic (exact) mass is 308 g/mol. The van der Waals surface area contributed by atoms with Crippen LogP contribution in [0.5, 0.6) is 5.75 Å². The van der Waals surface area contributed by atoms with Crippen molar-refractivity contribution in [1.29, 1.82) is 0 Å². The minimum absolute atomic E-state index is 0.165. The zero-order valence-electron chi connectivity index (χ0n) is 12.7. The lowest BCUT2D eigenvalue weighted by molar-refractivity contribution is 0.0939. The molecule has 1 N–H and O–H groups in total. The van der Waals surface area contributed by atoms with Crippen LogP contribution in [0, 0.1) is 0 Å². The van der Waals surface area contributed by atoms with Gasteiger partial charge in [0.05, 0.1) is 7.11 Å². The fraction of sp³-hybridized carbons (Fsp3) is 0.235. The Kier molecular flexibility index (Phi) is 3.22. The third kappa shape index (κ3) is 2.52. The van der Waals surface area contributed by atoms with Crippen LogP contribution in [-0.2, 0) is 0 Å². The highest BCUT2D eigenvalue weighted by molar-refractivity contribution is 5.95. The van der Waals surface area contributed by atoms with Crippen LogP contribution in [0.4, 0.5) is 0 Å². The molecule has 6 heteroatoms. The zero-order valence-corrected chi connectivity index (χ0v) is 12.7. The molecular formula is C17H16N4O2. The molecule has 0 radical (unpaired) electrons. The van der Waals surface area contributed by atoms with Gasteiger partial charge in [-0.1, -0.05) is 0 Å². The van der Waals surface area contributed by atoms with E-state index in [1.807, 2.05) is 36.4 Å². The normalized spacial score (nSPS) is 14.0. The van der Waals surface area contributed by atoms with Gasteiger partial charge in [0, 0.05) is 17.9 Å². The summed E-state index contributed by atoms with van der Waals surface area (Å²) in [6.45, 7) is 0. The highest BCUT2D eigenvalue weighted by Crippen LogP contribution is 2.24. The molecule has 0 saturated heterocycles. The Bertz CT molecular complexity index is 866. The van der Waals surface area contributed by atoms with Crippen molar-refractivity contribution in [3.8, 4) is 11.4 Å². The number of nitrogens with zero attached hydrogens (tertiary/aromatic N) is 3. The third-order valence-corrected chi connectivity index (χ3v) is 3.86. The largest absolute Gasteiger partial charge is 0.497 e. The van der Waals surface area contributed by atoms with E-state index in [0.717, 1.165) is 24.3 Å². The summed E-state index contributed by atoms with van der Waals surface area (Å²) in [5.74, 6) is 0.951. The molecule has 0 unspecified atom stereocenters. The van der Waals surface area contributed by atoms with Crippen molar-refractivity contribution < 1.29 is 9.53 Å². The minimum atomic E-state index is -0.165. The van der Waals surface area contributed by atoms with E-state index in [1.165, 1.54) is 0 Å². The number of rotatable bonds is 4. The number of hydrogen-bond donors (Lipinski definition) is 1. The number of fused-ring (bicyclic) bond motifs is 1. The predicted molar refractivity (Wildman–Crippen MR) is 85.9 cm³/mol. The summed E-state index contributed by atoms with van der Waals surface area (Å²) < 4.78 is 6.98. The Morgan fingerprint density at radius 3 is 2.74 bits per heavy atom. The number of amides is 1. The quantitative estimate of drug-likeness (QED) is 0.803. The lowest BCUT2D eigenvalue weighted by Crippen LogP contribution is -2.28. The predicted octanol–water partition coefficient (Wildman–Crippen LogP) is 2.32. The molecule has 0 atom stereocenters. The van der Waals surface area contributed by atoms with E-state index in [9.17, 15) is 4.79 Å². The maximum Gasteiger partial charge on any atom is 0.287 e. The van der Waals surface area contributed by atoms with E-state index >= 15 is 0 Å². The molecule has 1 aliphatic carbocycles. The van der Waals surface area contributed by atoms with Crippen molar-refractivity contribution in [2.45, 2.75) is 18.9 Å². The lowest BCUT2D eigenvalue weighted by Gasteiger charge is -2.09. The summed E-state index contributed by atoms with van der Waals surface area (Å²) in [6, 6.07) is 11.4. The number of imidazole rings is 1. The molecule has 116 valence electrons. The fourth-order valence-corrected chi connectivity index (χ4v) is 2.52. The van der Waals surface area contributed by atoms with Gasteiger partial charge in [0.2, 0.25) is 5.82 Å². The fourth-order valence-electron chi connectivity index (χ4n) is 2.52. The molecule has 1 saturated carbocycles. The molecule has 1 aliphatic rings. The summed E-state index contributed by atoms with van der Waals surface area (Å²) >= 11 is 0. The van der Waals surface area contributed by atoms with Gasteiger partial charge in [-0.3, -0.25) is 9.36 Å². The molecule has 4 rings (SSSR count). The second-order valence-corrected chi connectivity index (χ2v) is 5.56. The maximum atomic E-state index is 12.5. The van der Waals surface area contributed by atoms with Gasteiger partial charge in [-0.05, 0) is 49.2 Å². The summed E-state index contributed by atoms with van der Waals surface area (Å²) in [7, 11) is 1.62. The van der Waals surface area contributed by atoms with Crippen LogP contribution in [0.1, 0.15) is 23.5 Å². The molecule has 0 aliphatic heterocycles. The Morgan fingerprint density at radius 1 is 1.26 bits per heavy atom. The summed E-state index contributed by atoms with van der Waals surface area (Å²) in [5, 5.41) is 2.99. The van der Waals surface area contributed by atoms with Crippen molar-refractivity contribution >= 4 is 17.1 Å². The molecule has 0 spiro atoms. The van der Waals surface area contributed by atoms with E-state index in [0.29, 0.717) is 17.0 Å². The Balaban J connectivity index is 1.85. The van der Waals surface area contributed by atoms with Crippen LogP contribution in [-0.4, -0.2) is 33.6 Å². The lowest BCUT2D eigenvalue weighted by atomic mass is 10.3. The number of carbonyl (C=O) groups is 1. The molecule has 3 aromatic rings. The molecule has 1 fully saturated rings. The van der Waals surface area contributed by atoms with Crippen molar-refractivity contribution in [2.24, 2.45) is 0 Å². The smallest absolute Gasteiger partial charge is 0.287 e. The average molecular weight is 308 g/mol. The standard InChI is InChI=1S/C17H16N4O2/c1-23-13-8-6-12(7-9-13)21-15-14(3-2-10-18-15)20-16(21)17(22)19-11-4-5-11/h2-3,6-11H,4-5H2,1H3,(H,19,22). The second kappa shape index (κ2) is 5.39. The Morgan fingerprint density at radius 2 is 2.04 bits per heavy atom. The molecule has 2 aromatic heterocycles. The van der Waals surface area contributed by atoms with Gasteiger partial charge in [-0.15, -0.1) is 0 Å². The molecule has 23 heavy (non-hydrogen) atoms. The number of hydrogen-bond acceptors (Lipinski definition) is 4. The number of ether oxygens (including phenoxy) is 1. The van der Waals surface area contributed by atoms with Gasteiger partial charge < -0.3 is 10.1 Å². The number of pyridine rings is 1. The van der Waals surface area contributed by atoms with E-state index in [-0.39, 0.29) is 11.9 Å². The summed E-state index contributed by atoms with van der Waals surface area (Å²) in [5.41, 5.74) is 2.19. The zero-order chi connectivity index (χ0) is 15.8. The van der Waals surface area contributed by atoms with Gasteiger partial charge >= 0.3 is 0 Å². The SMILES string of the molecule is COc1ccc(-n2c(C(=O)NC3CC3)nc3cccnc32)cc1. The number of nitrogens with one attached hydrogen (secondary N) is 1.